The van der Waals surface area contributed by atoms with Crippen LogP contribution in [0.1, 0.15) is 0 Å². The fraction of sp³-hybridized carbons (Fsp3) is 0.417. The highest BCUT2D eigenvalue weighted by molar-refractivity contribution is 7.13. The van der Waals surface area contributed by atoms with Crippen LogP contribution in [-0.4, -0.2) is 63.7 Å². The molecule has 0 saturated carbocycles. The van der Waals surface area contributed by atoms with Crippen molar-refractivity contribution >= 4 is 28.3 Å². The van der Waals surface area contributed by atoms with Crippen LogP contribution in [0.2, 0.25) is 0 Å². The molecule has 0 aromatic carbocycles. The molecule has 3 heterocycles. The van der Waals surface area contributed by atoms with E-state index in [2.05, 4.69) is 35.3 Å². The van der Waals surface area contributed by atoms with Gasteiger partial charge in [-0.25, -0.2) is 9.97 Å². The van der Waals surface area contributed by atoms with E-state index in [1.807, 2.05) is 0 Å². The topological polar surface area (TPSA) is 87.1 Å². The standard InChI is InChI=1S/C12H15N7OS/c20-10(16-12-17-15-9-21-12)8-18-4-6-19(7-5-18)11-13-2-1-3-14-11/h1-3,9H,4-8H2,(H,16,17,20). The predicted octanol–water partition coefficient (Wildman–Crippen LogP) is 0.0888. The van der Waals surface area contributed by atoms with Crippen LogP contribution in [0.3, 0.4) is 0 Å². The molecule has 1 fully saturated rings. The van der Waals surface area contributed by atoms with Gasteiger partial charge < -0.3 is 4.90 Å². The summed E-state index contributed by atoms with van der Waals surface area (Å²) in [6.07, 6.45) is 3.48. The summed E-state index contributed by atoms with van der Waals surface area (Å²) >= 11 is 1.31. The first-order valence-electron chi connectivity index (χ1n) is 6.61. The Kier molecular flexibility index (Phi) is 4.31. The van der Waals surface area contributed by atoms with Gasteiger partial charge in [0.05, 0.1) is 6.54 Å². The van der Waals surface area contributed by atoms with E-state index in [0.717, 1.165) is 32.1 Å². The third-order valence-electron chi connectivity index (χ3n) is 3.18. The van der Waals surface area contributed by atoms with Crippen molar-refractivity contribution in [2.24, 2.45) is 0 Å². The number of nitrogens with zero attached hydrogens (tertiary/aromatic N) is 6. The van der Waals surface area contributed by atoms with Gasteiger partial charge >= 0.3 is 0 Å². The zero-order valence-electron chi connectivity index (χ0n) is 11.3. The molecule has 9 heteroatoms. The van der Waals surface area contributed by atoms with E-state index in [1.165, 1.54) is 11.3 Å². The first kappa shape index (κ1) is 13.8. The molecule has 2 aromatic rings. The van der Waals surface area contributed by atoms with E-state index < -0.39 is 0 Å². The number of amides is 1. The minimum atomic E-state index is -0.0591. The molecule has 0 bridgehead atoms. The highest BCUT2D eigenvalue weighted by Crippen LogP contribution is 2.11. The number of anilines is 2. The summed E-state index contributed by atoms with van der Waals surface area (Å²) in [6, 6.07) is 1.80. The lowest BCUT2D eigenvalue weighted by molar-refractivity contribution is -0.117. The van der Waals surface area contributed by atoms with Crippen LogP contribution < -0.4 is 10.2 Å². The predicted molar refractivity (Wildman–Crippen MR) is 79.2 cm³/mol. The molecule has 0 radical (unpaired) electrons. The summed E-state index contributed by atoms with van der Waals surface area (Å²) in [7, 11) is 0. The fourth-order valence-electron chi connectivity index (χ4n) is 2.15. The summed E-state index contributed by atoms with van der Waals surface area (Å²) in [5.74, 6) is 0.687. The van der Waals surface area contributed by atoms with Crippen molar-refractivity contribution in [2.45, 2.75) is 0 Å². The summed E-state index contributed by atoms with van der Waals surface area (Å²) in [6.45, 7) is 3.61. The highest BCUT2D eigenvalue weighted by atomic mass is 32.1. The third-order valence-corrected chi connectivity index (χ3v) is 3.79. The highest BCUT2D eigenvalue weighted by Gasteiger charge is 2.20. The zero-order valence-corrected chi connectivity index (χ0v) is 12.2. The second-order valence-electron chi connectivity index (χ2n) is 4.60. The van der Waals surface area contributed by atoms with E-state index in [1.54, 1.807) is 24.0 Å². The van der Waals surface area contributed by atoms with Crippen molar-refractivity contribution in [1.82, 2.24) is 25.1 Å². The Morgan fingerprint density at radius 1 is 1.24 bits per heavy atom. The Bertz CT molecular complexity index is 569. The molecule has 1 aliphatic rings. The molecule has 1 aliphatic heterocycles. The average molecular weight is 305 g/mol. The van der Waals surface area contributed by atoms with Gasteiger partial charge in [0.25, 0.3) is 0 Å². The van der Waals surface area contributed by atoms with Gasteiger partial charge in [-0.3, -0.25) is 15.0 Å². The number of carbonyl (C=O) groups is 1. The Labute approximate surface area is 125 Å². The van der Waals surface area contributed by atoms with Crippen molar-refractivity contribution in [3.63, 3.8) is 0 Å². The van der Waals surface area contributed by atoms with Gasteiger partial charge in [0, 0.05) is 38.6 Å². The number of nitrogens with one attached hydrogen (secondary N) is 1. The summed E-state index contributed by atoms with van der Waals surface area (Å²) < 4.78 is 0. The molecule has 0 aliphatic carbocycles. The molecule has 0 unspecified atom stereocenters. The summed E-state index contributed by atoms with van der Waals surface area (Å²) in [5.41, 5.74) is 1.59. The maximum Gasteiger partial charge on any atom is 0.240 e. The number of piperazine rings is 1. The van der Waals surface area contributed by atoms with Crippen LogP contribution in [0.5, 0.6) is 0 Å². The summed E-state index contributed by atoms with van der Waals surface area (Å²) in [4.78, 5) is 24.6. The van der Waals surface area contributed by atoms with Crippen molar-refractivity contribution in [2.75, 3.05) is 42.9 Å². The molecule has 3 rings (SSSR count). The second kappa shape index (κ2) is 6.55. The van der Waals surface area contributed by atoms with Gasteiger partial charge in [0.1, 0.15) is 5.51 Å². The Hall–Kier alpha value is -2.13. The monoisotopic (exact) mass is 305 g/mol. The first-order chi connectivity index (χ1) is 10.3. The second-order valence-corrected chi connectivity index (χ2v) is 5.44. The minimum absolute atomic E-state index is 0.0591. The number of aromatic nitrogens is 4. The van der Waals surface area contributed by atoms with Crippen LogP contribution in [0, 0.1) is 0 Å². The maximum atomic E-state index is 11.9. The fourth-order valence-corrected chi connectivity index (χ4v) is 2.61. The Morgan fingerprint density at radius 2 is 2.00 bits per heavy atom. The van der Waals surface area contributed by atoms with Crippen molar-refractivity contribution < 1.29 is 4.79 Å². The molecule has 0 atom stereocenters. The molecular formula is C12H15N7OS. The van der Waals surface area contributed by atoms with Crippen molar-refractivity contribution in [3.8, 4) is 0 Å². The lowest BCUT2D eigenvalue weighted by Crippen LogP contribution is -2.49. The van der Waals surface area contributed by atoms with Crippen LogP contribution >= 0.6 is 11.3 Å². The van der Waals surface area contributed by atoms with Gasteiger partial charge in [0.15, 0.2) is 0 Å². The van der Waals surface area contributed by atoms with Gasteiger partial charge in [-0.15, -0.1) is 10.2 Å². The Balaban J connectivity index is 1.46. The lowest BCUT2D eigenvalue weighted by Gasteiger charge is -2.34. The molecule has 110 valence electrons. The van der Waals surface area contributed by atoms with Crippen LogP contribution in [0.4, 0.5) is 11.1 Å². The van der Waals surface area contributed by atoms with Crippen molar-refractivity contribution in [1.29, 1.82) is 0 Å². The molecule has 8 nitrogen and oxygen atoms in total. The SMILES string of the molecule is O=C(CN1CCN(c2ncccn2)CC1)Nc1nncs1. The van der Waals surface area contributed by atoms with Crippen molar-refractivity contribution in [3.05, 3.63) is 24.0 Å². The molecule has 1 amide bonds. The quantitative estimate of drug-likeness (QED) is 0.856. The first-order valence-corrected chi connectivity index (χ1v) is 7.49. The largest absolute Gasteiger partial charge is 0.338 e. The Morgan fingerprint density at radius 3 is 2.67 bits per heavy atom. The minimum Gasteiger partial charge on any atom is -0.338 e. The normalized spacial score (nSPS) is 15.9. The summed E-state index contributed by atoms with van der Waals surface area (Å²) in [5, 5.41) is 10.8. The van der Waals surface area contributed by atoms with Crippen LogP contribution in [-0.2, 0) is 4.79 Å². The van der Waals surface area contributed by atoms with E-state index in [4.69, 9.17) is 0 Å². The number of hydrogen-bond acceptors (Lipinski definition) is 8. The lowest BCUT2D eigenvalue weighted by atomic mass is 10.3. The van der Waals surface area contributed by atoms with Gasteiger partial charge in [-0.1, -0.05) is 11.3 Å². The van der Waals surface area contributed by atoms with E-state index in [9.17, 15) is 4.79 Å². The molecule has 1 N–H and O–H groups in total. The average Bonchev–Trinajstić information content (AvgIpc) is 3.02. The molecule has 21 heavy (non-hydrogen) atoms. The molecule has 0 spiro atoms. The smallest absolute Gasteiger partial charge is 0.240 e. The molecular weight excluding hydrogens is 290 g/mol. The number of carbonyl (C=O) groups excluding carboxylic acids is 1. The third kappa shape index (κ3) is 3.70. The van der Waals surface area contributed by atoms with Gasteiger partial charge in [0.2, 0.25) is 17.0 Å². The van der Waals surface area contributed by atoms with Crippen LogP contribution in [0.25, 0.3) is 0 Å². The van der Waals surface area contributed by atoms with Gasteiger partial charge in [-0.2, -0.15) is 0 Å². The number of hydrogen-bond donors (Lipinski definition) is 1. The van der Waals surface area contributed by atoms with E-state index in [0.29, 0.717) is 11.7 Å². The zero-order chi connectivity index (χ0) is 14.5. The number of rotatable bonds is 4. The van der Waals surface area contributed by atoms with E-state index >= 15 is 0 Å². The van der Waals surface area contributed by atoms with E-state index in [-0.39, 0.29) is 5.91 Å². The molecule has 2 aromatic heterocycles. The van der Waals surface area contributed by atoms with Gasteiger partial charge in [-0.05, 0) is 6.07 Å². The molecule has 1 saturated heterocycles. The van der Waals surface area contributed by atoms with Crippen LogP contribution in [0.15, 0.2) is 24.0 Å². The maximum absolute atomic E-state index is 11.9.